The Kier molecular flexibility index (Phi) is 4.61. The quantitative estimate of drug-likeness (QED) is 0.879. The molecule has 19 heavy (non-hydrogen) atoms. The fourth-order valence-electron chi connectivity index (χ4n) is 2.06. The van der Waals surface area contributed by atoms with E-state index in [4.69, 9.17) is 0 Å². The number of hydrogen-bond donors (Lipinski definition) is 2. The summed E-state index contributed by atoms with van der Waals surface area (Å²) in [7, 11) is 0. The summed E-state index contributed by atoms with van der Waals surface area (Å²) in [5.41, 5.74) is 3.06. The number of halogens is 1. The zero-order valence-electron chi connectivity index (χ0n) is 11.2. The second-order valence-electron chi connectivity index (χ2n) is 4.71. The number of rotatable bonds is 4. The lowest BCUT2D eigenvalue weighted by molar-refractivity contribution is 0.456. The van der Waals surface area contributed by atoms with Gasteiger partial charge in [-0.1, -0.05) is 52.3 Å². The van der Waals surface area contributed by atoms with Crippen LogP contribution in [0.15, 0.2) is 46.9 Å². The van der Waals surface area contributed by atoms with Gasteiger partial charge in [0.05, 0.1) is 0 Å². The Morgan fingerprint density at radius 2 is 1.89 bits per heavy atom. The Morgan fingerprint density at radius 1 is 1.16 bits per heavy atom. The van der Waals surface area contributed by atoms with Crippen molar-refractivity contribution in [3.8, 4) is 5.75 Å². The van der Waals surface area contributed by atoms with Crippen LogP contribution in [0.2, 0.25) is 0 Å². The number of aromatic hydroxyl groups is 1. The Morgan fingerprint density at radius 3 is 2.63 bits per heavy atom. The van der Waals surface area contributed by atoms with Gasteiger partial charge in [0, 0.05) is 22.6 Å². The average molecular weight is 320 g/mol. The predicted molar refractivity (Wildman–Crippen MR) is 82.2 cm³/mol. The number of hydrogen-bond acceptors (Lipinski definition) is 2. The van der Waals surface area contributed by atoms with Crippen molar-refractivity contribution in [3.05, 3.63) is 63.6 Å². The van der Waals surface area contributed by atoms with Crippen LogP contribution in [0, 0.1) is 6.92 Å². The minimum Gasteiger partial charge on any atom is -0.507 e. The fourth-order valence-corrected chi connectivity index (χ4v) is 2.69. The van der Waals surface area contributed by atoms with Crippen molar-refractivity contribution >= 4 is 15.9 Å². The van der Waals surface area contributed by atoms with Gasteiger partial charge in [-0.25, -0.2) is 0 Å². The number of phenolic OH excluding ortho intramolecular Hbond substituents is 1. The topological polar surface area (TPSA) is 32.3 Å². The molecule has 0 aliphatic heterocycles. The third-order valence-electron chi connectivity index (χ3n) is 3.29. The van der Waals surface area contributed by atoms with Gasteiger partial charge in [0.25, 0.3) is 0 Å². The van der Waals surface area contributed by atoms with Crippen molar-refractivity contribution < 1.29 is 5.11 Å². The summed E-state index contributed by atoms with van der Waals surface area (Å²) in [4.78, 5) is 0. The third-order valence-corrected chi connectivity index (χ3v) is 4.01. The fraction of sp³-hybridized carbons (Fsp3) is 0.250. The third kappa shape index (κ3) is 3.37. The van der Waals surface area contributed by atoms with Gasteiger partial charge >= 0.3 is 0 Å². The molecule has 0 saturated carbocycles. The van der Waals surface area contributed by atoms with Crippen molar-refractivity contribution in [2.24, 2.45) is 0 Å². The van der Waals surface area contributed by atoms with Gasteiger partial charge in [-0.3, -0.25) is 0 Å². The highest BCUT2D eigenvalue weighted by atomic mass is 79.9. The van der Waals surface area contributed by atoms with Crippen molar-refractivity contribution in [2.75, 3.05) is 0 Å². The van der Waals surface area contributed by atoms with Gasteiger partial charge in [-0.2, -0.15) is 0 Å². The normalized spacial score (nSPS) is 12.4. The monoisotopic (exact) mass is 319 g/mol. The molecule has 100 valence electrons. The van der Waals surface area contributed by atoms with Crippen LogP contribution in [-0.2, 0) is 6.54 Å². The summed E-state index contributed by atoms with van der Waals surface area (Å²) in [6, 6.07) is 14.2. The van der Waals surface area contributed by atoms with E-state index in [2.05, 4.69) is 34.2 Å². The molecule has 3 heteroatoms. The highest BCUT2D eigenvalue weighted by Crippen LogP contribution is 2.25. The molecule has 2 nitrogen and oxygen atoms in total. The van der Waals surface area contributed by atoms with E-state index in [1.807, 2.05) is 43.3 Å². The molecular formula is C16H18BrNO. The lowest BCUT2D eigenvalue weighted by atomic mass is 10.1. The van der Waals surface area contributed by atoms with Crippen LogP contribution >= 0.6 is 15.9 Å². The molecule has 1 atom stereocenters. The van der Waals surface area contributed by atoms with E-state index in [-0.39, 0.29) is 6.04 Å². The average Bonchev–Trinajstić information content (AvgIpc) is 2.40. The maximum Gasteiger partial charge on any atom is 0.122 e. The smallest absolute Gasteiger partial charge is 0.122 e. The summed E-state index contributed by atoms with van der Waals surface area (Å²) in [6.45, 7) is 4.68. The van der Waals surface area contributed by atoms with E-state index >= 15 is 0 Å². The van der Waals surface area contributed by atoms with Crippen LogP contribution in [0.5, 0.6) is 5.75 Å². The number of para-hydroxylation sites is 1. The minimum atomic E-state index is 0.218. The Labute approximate surface area is 122 Å². The van der Waals surface area contributed by atoms with Crippen LogP contribution in [0.3, 0.4) is 0 Å². The van der Waals surface area contributed by atoms with Crippen molar-refractivity contribution in [1.29, 1.82) is 0 Å². The highest BCUT2D eigenvalue weighted by Gasteiger charge is 2.09. The Balaban J connectivity index is 2.07. The first kappa shape index (κ1) is 14.1. The maximum absolute atomic E-state index is 9.99. The second kappa shape index (κ2) is 6.22. The highest BCUT2D eigenvalue weighted by molar-refractivity contribution is 9.10. The van der Waals surface area contributed by atoms with E-state index in [1.54, 1.807) is 0 Å². The van der Waals surface area contributed by atoms with E-state index in [9.17, 15) is 5.11 Å². The number of nitrogens with one attached hydrogen (secondary N) is 1. The number of phenols is 1. The van der Waals surface area contributed by atoms with E-state index in [0.717, 1.165) is 15.6 Å². The first-order valence-corrected chi connectivity index (χ1v) is 7.14. The molecule has 1 unspecified atom stereocenters. The minimum absolute atomic E-state index is 0.218. The molecule has 2 aromatic rings. The van der Waals surface area contributed by atoms with Crippen LogP contribution in [0.4, 0.5) is 0 Å². The summed E-state index contributed by atoms with van der Waals surface area (Å²) in [6.07, 6.45) is 0. The van der Waals surface area contributed by atoms with Gasteiger partial charge in [0.1, 0.15) is 5.75 Å². The first-order chi connectivity index (χ1) is 9.09. The molecule has 0 aliphatic rings. The lowest BCUT2D eigenvalue weighted by Gasteiger charge is -2.16. The van der Waals surface area contributed by atoms with Crippen LogP contribution in [0.1, 0.15) is 29.7 Å². The van der Waals surface area contributed by atoms with Crippen LogP contribution < -0.4 is 5.32 Å². The van der Waals surface area contributed by atoms with Crippen molar-refractivity contribution in [1.82, 2.24) is 5.32 Å². The molecule has 2 aromatic carbocycles. The molecule has 0 heterocycles. The predicted octanol–water partition coefficient (Wildman–Crippen LogP) is 4.31. The standard InChI is InChI=1S/C16H18BrNO/c1-11-6-5-7-13(16(11)19)10-18-12(2)14-8-3-4-9-15(14)17/h3-9,12,18-19H,10H2,1-2H3. The molecule has 0 radical (unpaired) electrons. The molecule has 2 rings (SSSR count). The molecule has 0 amide bonds. The largest absolute Gasteiger partial charge is 0.507 e. The van der Waals surface area contributed by atoms with Crippen LogP contribution in [-0.4, -0.2) is 5.11 Å². The zero-order valence-corrected chi connectivity index (χ0v) is 12.7. The van der Waals surface area contributed by atoms with Crippen molar-refractivity contribution in [3.63, 3.8) is 0 Å². The van der Waals surface area contributed by atoms with Gasteiger partial charge in [-0.05, 0) is 31.0 Å². The lowest BCUT2D eigenvalue weighted by Crippen LogP contribution is -2.18. The molecule has 0 aliphatic carbocycles. The van der Waals surface area contributed by atoms with E-state index in [1.165, 1.54) is 5.56 Å². The molecule has 0 aromatic heterocycles. The SMILES string of the molecule is Cc1cccc(CNC(C)c2ccccc2Br)c1O. The summed E-state index contributed by atoms with van der Waals surface area (Å²) in [5, 5.41) is 13.4. The van der Waals surface area contributed by atoms with E-state index < -0.39 is 0 Å². The van der Waals surface area contributed by atoms with Crippen molar-refractivity contribution in [2.45, 2.75) is 26.4 Å². The molecule has 2 N–H and O–H groups in total. The number of aryl methyl sites for hydroxylation is 1. The number of benzene rings is 2. The van der Waals surface area contributed by atoms with Gasteiger partial charge in [-0.15, -0.1) is 0 Å². The molecule has 0 fully saturated rings. The molecule has 0 saturated heterocycles. The zero-order chi connectivity index (χ0) is 13.8. The summed E-state index contributed by atoms with van der Waals surface area (Å²) < 4.78 is 1.10. The second-order valence-corrected chi connectivity index (χ2v) is 5.56. The summed E-state index contributed by atoms with van der Waals surface area (Å²) >= 11 is 3.56. The van der Waals surface area contributed by atoms with Gasteiger partial charge in [0.15, 0.2) is 0 Å². The summed E-state index contributed by atoms with van der Waals surface area (Å²) in [5.74, 6) is 0.384. The van der Waals surface area contributed by atoms with Crippen LogP contribution in [0.25, 0.3) is 0 Å². The van der Waals surface area contributed by atoms with Gasteiger partial charge < -0.3 is 10.4 Å². The van der Waals surface area contributed by atoms with E-state index in [0.29, 0.717) is 12.3 Å². The first-order valence-electron chi connectivity index (χ1n) is 6.35. The maximum atomic E-state index is 9.99. The van der Waals surface area contributed by atoms with Gasteiger partial charge in [0.2, 0.25) is 0 Å². The molecular weight excluding hydrogens is 302 g/mol. The Hall–Kier alpha value is -1.32. The Bertz CT molecular complexity index is 568. The molecule has 0 bridgehead atoms. The molecule has 0 spiro atoms.